The molecule has 6 aliphatic rings. The Balaban J connectivity index is 0.672. The van der Waals surface area contributed by atoms with Crippen molar-refractivity contribution >= 4 is 69.7 Å². The minimum absolute atomic E-state index is 0.0339. The second kappa shape index (κ2) is 20.9. The molecule has 1 aliphatic carbocycles. The highest BCUT2D eigenvalue weighted by Crippen LogP contribution is 2.36. The SMILES string of the molecule is CO[C@@H]1CCN(c2nccc(Nc3cc4c(cn3)c(C(=O)NC3CCN(C(=O)N5CCN(CCCCNc6cccc7c6C(=O)N([C@H]6CCC(=O)NC6=O)C7=O)CC5)CC3)cn4C3CCCC3)n2)C[C@@H]1F. The van der Waals surface area contributed by atoms with Gasteiger partial charge in [0, 0.05) is 114 Å². The monoisotopic (exact) mass is 975 g/mol. The molecule has 10 rings (SSSR count). The fourth-order valence-corrected chi connectivity index (χ4v) is 11.1. The maximum atomic E-state index is 14.7. The number of likely N-dealkylation sites (tertiary alicyclic amines) is 1. The van der Waals surface area contributed by atoms with E-state index in [-0.39, 0.29) is 54.5 Å². The number of piperidine rings is 3. The lowest BCUT2D eigenvalue weighted by Crippen LogP contribution is -2.55. The number of hydrogen-bond acceptors (Lipinski definition) is 14. The van der Waals surface area contributed by atoms with Crippen LogP contribution in [0.25, 0.3) is 10.9 Å². The first kappa shape index (κ1) is 47.9. The molecule has 7 amide bonds. The fraction of sp³-hybridized carbons (Fsp3) is 0.540. The smallest absolute Gasteiger partial charge is 0.320 e. The van der Waals surface area contributed by atoms with Gasteiger partial charge in [0.15, 0.2) is 0 Å². The number of fused-ring (bicyclic) bond motifs is 2. The summed E-state index contributed by atoms with van der Waals surface area (Å²) in [6, 6.07) is 8.00. The molecule has 0 radical (unpaired) electrons. The number of alkyl halides is 1. The number of halogens is 1. The van der Waals surface area contributed by atoms with Gasteiger partial charge in [0.2, 0.25) is 17.8 Å². The lowest BCUT2D eigenvalue weighted by atomic mass is 10.0. The van der Waals surface area contributed by atoms with Crippen molar-refractivity contribution in [2.24, 2.45) is 0 Å². The molecule has 1 saturated carbocycles. The van der Waals surface area contributed by atoms with Crippen LogP contribution >= 0.6 is 0 Å². The maximum Gasteiger partial charge on any atom is 0.320 e. The highest BCUT2D eigenvalue weighted by atomic mass is 19.1. The number of ether oxygens (including phenoxy) is 1. The predicted molar refractivity (Wildman–Crippen MR) is 261 cm³/mol. The zero-order chi connectivity index (χ0) is 49.2. The topological polar surface area (TPSA) is 220 Å². The van der Waals surface area contributed by atoms with E-state index >= 15 is 0 Å². The van der Waals surface area contributed by atoms with Gasteiger partial charge in [-0.05, 0) is 76.1 Å². The van der Waals surface area contributed by atoms with E-state index in [2.05, 4.69) is 40.7 Å². The molecule has 4 saturated heterocycles. The van der Waals surface area contributed by atoms with Gasteiger partial charge in [-0.2, -0.15) is 4.98 Å². The molecule has 5 aliphatic heterocycles. The van der Waals surface area contributed by atoms with E-state index in [1.165, 1.54) is 7.11 Å². The molecule has 376 valence electrons. The number of piperazine rings is 1. The van der Waals surface area contributed by atoms with Crippen molar-refractivity contribution in [2.75, 3.05) is 88.1 Å². The molecule has 3 atom stereocenters. The number of imide groups is 2. The first-order valence-corrected chi connectivity index (χ1v) is 25.2. The standard InChI is InChI=1S/C50H62FN13O7/c1-71-40-16-22-62(30-36(40)51)49-53-18-13-41(57-49)56-42-27-39-34(28-54-42)35(29-63(39)32-7-2-3-8-32)45(66)55-31-14-20-60(21-15-31)50(70)61-25-23-59(24-26-61)19-5-4-17-52-37-10-6-9-33-44(37)48(69)64(47(33)68)38-11-12-43(65)58-46(38)67/h6,9-10,13,18,27-29,31-32,36,38,40,52H,2-5,7-8,11-12,14-17,19-26,30H2,1H3,(H,55,66)(H,58,65,67)(H,53,54,56,57)/t36-,38-,40+/m0/s1. The first-order chi connectivity index (χ1) is 34.5. The van der Waals surface area contributed by atoms with Crippen molar-refractivity contribution in [3.63, 3.8) is 0 Å². The van der Waals surface area contributed by atoms with Crippen LogP contribution in [0.4, 0.5) is 32.5 Å². The maximum absolute atomic E-state index is 14.7. The highest BCUT2D eigenvalue weighted by molar-refractivity contribution is 6.25. The van der Waals surface area contributed by atoms with Crippen molar-refractivity contribution in [2.45, 2.75) is 101 Å². The first-order valence-electron chi connectivity index (χ1n) is 25.2. The summed E-state index contributed by atoms with van der Waals surface area (Å²) in [6.45, 7) is 6.10. The summed E-state index contributed by atoms with van der Waals surface area (Å²) in [4.78, 5) is 101. The van der Waals surface area contributed by atoms with Gasteiger partial charge >= 0.3 is 6.03 Å². The second-order valence-electron chi connectivity index (χ2n) is 19.5. The average Bonchev–Trinajstić information content (AvgIpc) is 4.11. The normalized spacial score (nSPS) is 22.6. The fourth-order valence-electron chi connectivity index (χ4n) is 11.1. The molecule has 5 fully saturated rings. The van der Waals surface area contributed by atoms with Crippen molar-refractivity contribution < 1.29 is 37.9 Å². The zero-order valence-corrected chi connectivity index (χ0v) is 40.1. The van der Waals surface area contributed by atoms with Crippen LogP contribution in [0.1, 0.15) is 108 Å². The summed E-state index contributed by atoms with van der Waals surface area (Å²) in [7, 11) is 1.53. The molecular weight excluding hydrogens is 914 g/mol. The van der Waals surface area contributed by atoms with Crippen LogP contribution in [0.5, 0.6) is 0 Å². The lowest BCUT2D eigenvalue weighted by molar-refractivity contribution is -0.136. The number of carbonyl (C=O) groups excluding carboxylic acids is 6. The van der Waals surface area contributed by atoms with Crippen LogP contribution in [0.15, 0.2) is 48.9 Å². The summed E-state index contributed by atoms with van der Waals surface area (Å²) >= 11 is 0. The Morgan fingerprint density at radius 2 is 1.66 bits per heavy atom. The average molecular weight is 976 g/mol. The van der Waals surface area contributed by atoms with Gasteiger partial charge in [-0.3, -0.25) is 39.1 Å². The van der Waals surface area contributed by atoms with Crippen molar-refractivity contribution in [3.8, 4) is 0 Å². The number of nitrogens with one attached hydrogen (secondary N) is 4. The molecule has 3 aromatic heterocycles. The van der Waals surface area contributed by atoms with Gasteiger partial charge in [-0.15, -0.1) is 0 Å². The van der Waals surface area contributed by atoms with E-state index in [1.54, 1.807) is 36.7 Å². The van der Waals surface area contributed by atoms with Crippen LogP contribution in [0.2, 0.25) is 0 Å². The van der Waals surface area contributed by atoms with Crippen molar-refractivity contribution in [3.05, 3.63) is 65.6 Å². The number of unbranched alkanes of at least 4 members (excludes halogenated alkanes) is 1. The third kappa shape index (κ3) is 10.1. The number of carbonyl (C=O) groups is 6. The summed E-state index contributed by atoms with van der Waals surface area (Å²) in [5.41, 5.74) is 2.54. The summed E-state index contributed by atoms with van der Waals surface area (Å²) in [5, 5.41) is 12.9. The molecule has 4 N–H and O–H groups in total. The largest absolute Gasteiger partial charge is 0.384 e. The third-order valence-electron chi connectivity index (χ3n) is 15.1. The van der Waals surface area contributed by atoms with E-state index < -0.39 is 41.9 Å². The van der Waals surface area contributed by atoms with Gasteiger partial charge < -0.3 is 40.0 Å². The minimum atomic E-state index is -1.13. The Bertz CT molecular complexity index is 2680. The van der Waals surface area contributed by atoms with Crippen LogP contribution in [0, 0.1) is 0 Å². The zero-order valence-electron chi connectivity index (χ0n) is 40.1. The summed E-state index contributed by atoms with van der Waals surface area (Å²) in [6.07, 6.45) is 11.9. The number of rotatable bonds is 14. The van der Waals surface area contributed by atoms with Gasteiger partial charge in [-0.1, -0.05) is 18.9 Å². The van der Waals surface area contributed by atoms with Gasteiger partial charge in [0.05, 0.1) is 34.9 Å². The lowest BCUT2D eigenvalue weighted by Gasteiger charge is -2.39. The van der Waals surface area contributed by atoms with Crippen molar-refractivity contribution in [1.82, 2.24) is 49.8 Å². The van der Waals surface area contributed by atoms with E-state index in [0.717, 1.165) is 74.0 Å². The molecule has 1 aromatic carbocycles. The van der Waals surface area contributed by atoms with Gasteiger partial charge in [0.1, 0.15) is 23.8 Å². The Morgan fingerprint density at radius 3 is 2.42 bits per heavy atom. The number of pyridine rings is 1. The minimum Gasteiger partial charge on any atom is -0.384 e. The van der Waals surface area contributed by atoms with Crippen molar-refractivity contribution in [1.29, 1.82) is 0 Å². The number of amides is 7. The Labute approximate surface area is 411 Å². The van der Waals surface area contributed by atoms with E-state index in [1.807, 2.05) is 27.0 Å². The summed E-state index contributed by atoms with van der Waals surface area (Å²) < 4.78 is 22.2. The predicted octanol–water partition coefficient (Wildman–Crippen LogP) is 4.47. The molecule has 21 heteroatoms. The molecule has 0 unspecified atom stereocenters. The molecule has 71 heavy (non-hydrogen) atoms. The number of anilines is 4. The van der Waals surface area contributed by atoms with E-state index in [4.69, 9.17) is 9.72 Å². The second-order valence-corrected chi connectivity index (χ2v) is 19.5. The Hall–Kier alpha value is -6.74. The van der Waals surface area contributed by atoms with E-state index in [0.29, 0.717) is 87.4 Å². The molecule has 0 bridgehead atoms. The molecule has 8 heterocycles. The number of nitrogens with zero attached hydrogens (tertiary/aromatic N) is 9. The number of aromatic nitrogens is 4. The molecule has 20 nitrogen and oxygen atoms in total. The molecular formula is C50H62FN13O7. The van der Waals surface area contributed by atoms with E-state index in [9.17, 15) is 33.2 Å². The van der Waals surface area contributed by atoms with Gasteiger partial charge in [0.25, 0.3) is 17.7 Å². The molecule has 0 spiro atoms. The number of benzene rings is 1. The quantitative estimate of drug-likeness (QED) is 0.101. The number of methoxy groups -OCH3 is 1. The number of hydrogen-bond donors (Lipinski definition) is 4. The Kier molecular flexibility index (Phi) is 14.1. The third-order valence-corrected chi connectivity index (χ3v) is 15.1. The summed E-state index contributed by atoms with van der Waals surface area (Å²) in [5.74, 6) is -0.710. The van der Waals surface area contributed by atoms with Crippen LogP contribution < -0.4 is 26.2 Å². The Morgan fingerprint density at radius 1 is 0.873 bits per heavy atom. The highest BCUT2D eigenvalue weighted by Gasteiger charge is 2.45. The number of urea groups is 1. The van der Waals surface area contributed by atoms with Crippen LogP contribution in [-0.2, 0) is 14.3 Å². The van der Waals surface area contributed by atoms with Gasteiger partial charge in [-0.25, -0.2) is 19.2 Å². The molecule has 4 aromatic rings. The van der Waals surface area contributed by atoms with Crippen LogP contribution in [0.3, 0.4) is 0 Å². The van der Waals surface area contributed by atoms with Crippen LogP contribution in [-0.4, -0.2) is 172 Å².